The second-order valence-electron chi connectivity index (χ2n) is 26.4. The Kier molecular flexibility index (Phi) is 20.0. The Hall–Kier alpha value is -0.659. The molecule has 10 atom stereocenters. The van der Waals surface area contributed by atoms with E-state index in [1.54, 1.807) is 6.07 Å². The first-order chi connectivity index (χ1) is 30.1. The van der Waals surface area contributed by atoms with E-state index in [0.29, 0.717) is 5.56 Å². The maximum absolute atomic E-state index is 14.4. The molecular weight excluding hydrogens is 993 g/mol. The van der Waals surface area contributed by atoms with Gasteiger partial charge < -0.3 is 50.6 Å². The van der Waals surface area contributed by atoms with Gasteiger partial charge in [-0.15, -0.1) is 0 Å². The lowest BCUT2D eigenvalue weighted by atomic mass is 9.79. The standard InChI is InChI=1S/C46H92O15SSi6/c1-45(2,3)30-26-31(35(47)32(27-30)46(4,5)6)42(48)51-28-33-36(56-63(8,9)10)38(58-65(14,15)16)40(60-67(20,21)22)43(53-33)55-44-41(61-68(23,24)25)39(59-66(17,18)19)37(57-64(11,12)13)34(54-44)29-52-62(7,49)50/h26-27,33-34,36-41,43-44,47H,28-29H2,1-25H3/t33-,34-,36-,37-,38+,39+,40-,41-,43-,44-/m1/s1. The lowest BCUT2D eigenvalue weighted by Gasteiger charge is -2.53. The molecule has 1 N–H and O–H groups in total. The third-order valence-electron chi connectivity index (χ3n) is 10.2. The van der Waals surface area contributed by atoms with Crippen molar-refractivity contribution in [3.8, 4) is 5.75 Å². The summed E-state index contributed by atoms with van der Waals surface area (Å²) in [6.45, 7) is 48.8. The number of benzene rings is 1. The van der Waals surface area contributed by atoms with E-state index in [4.69, 9.17) is 49.7 Å². The van der Waals surface area contributed by atoms with Crippen LogP contribution in [0, 0.1) is 0 Å². The van der Waals surface area contributed by atoms with E-state index in [9.17, 15) is 18.3 Å². The number of rotatable bonds is 20. The summed E-state index contributed by atoms with van der Waals surface area (Å²) in [5, 5.41) is 11.7. The predicted molar refractivity (Wildman–Crippen MR) is 284 cm³/mol. The number of phenolic OH excluding ortho intramolecular Hbond substituents is 1. The highest BCUT2D eigenvalue weighted by molar-refractivity contribution is 7.86. The molecule has 22 heteroatoms. The van der Waals surface area contributed by atoms with Crippen LogP contribution in [0.1, 0.15) is 63.0 Å². The van der Waals surface area contributed by atoms with Crippen LogP contribution in [-0.2, 0) is 70.6 Å². The summed E-state index contributed by atoms with van der Waals surface area (Å²) >= 11 is 0. The molecule has 1 aromatic carbocycles. The third-order valence-corrected chi connectivity index (χ3v) is 16.7. The molecule has 2 aliphatic heterocycles. The quantitative estimate of drug-likeness (QED) is 0.0742. The molecule has 2 fully saturated rings. The highest BCUT2D eigenvalue weighted by Crippen LogP contribution is 2.41. The largest absolute Gasteiger partial charge is 0.507 e. The molecule has 0 spiro atoms. The van der Waals surface area contributed by atoms with Crippen molar-refractivity contribution in [1.29, 1.82) is 0 Å². The summed E-state index contributed by atoms with van der Waals surface area (Å²) in [5.74, 6) is -0.855. The number of phenols is 1. The number of ether oxygens (including phenoxy) is 4. The van der Waals surface area contributed by atoms with Gasteiger partial charge in [-0.1, -0.05) is 47.6 Å². The average molecular weight is 1090 g/mol. The molecule has 0 unspecified atom stereocenters. The molecule has 15 nitrogen and oxygen atoms in total. The number of aromatic hydroxyl groups is 1. The molecule has 0 radical (unpaired) electrons. The maximum Gasteiger partial charge on any atom is 0.342 e. The zero-order valence-electron chi connectivity index (χ0n) is 46.4. The SMILES string of the molecule is CC(C)(C)c1cc(C(=O)OC[C@H]2O[C@H](O[C@H]3O[C@H](COS(C)(=O)=O)[C@@H](O[Si](C)(C)C)[C@H](O[Si](C)(C)C)[C@H]3O[Si](C)(C)C)[C@H](O[Si](C)(C)C)[C@@H](O[Si](C)(C)C)[C@@H]2O[Si](C)(C)C)c(O)c(C(C)(C)C)c1. The normalized spacial score (nSPS) is 27.6. The lowest BCUT2D eigenvalue weighted by molar-refractivity contribution is -0.368. The Labute approximate surface area is 417 Å². The van der Waals surface area contributed by atoms with Crippen LogP contribution >= 0.6 is 0 Å². The van der Waals surface area contributed by atoms with Crippen molar-refractivity contribution >= 4 is 66.0 Å². The molecule has 2 heterocycles. The van der Waals surface area contributed by atoms with Crippen LogP contribution in [0.15, 0.2) is 12.1 Å². The molecule has 68 heavy (non-hydrogen) atoms. The molecule has 0 saturated carbocycles. The first kappa shape index (κ1) is 61.6. The molecule has 0 bridgehead atoms. The Bertz CT molecular complexity index is 1950. The minimum absolute atomic E-state index is 0.0521. The van der Waals surface area contributed by atoms with Crippen LogP contribution < -0.4 is 0 Å². The third kappa shape index (κ3) is 20.0. The van der Waals surface area contributed by atoms with Gasteiger partial charge in [0.15, 0.2) is 62.5 Å². The number of hydrogen-bond donors (Lipinski definition) is 1. The summed E-state index contributed by atoms with van der Waals surface area (Å²) in [6, 6.07) is 3.66. The summed E-state index contributed by atoms with van der Waals surface area (Å²) < 4.78 is 100. The summed E-state index contributed by atoms with van der Waals surface area (Å²) in [5.41, 5.74) is 0.745. The van der Waals surface area contributed by atoms with Crippen molar-refractivity contribution in [1.82, 2.24) is 0 Å². The van der Waals surface area contributed by atoms with Gasteiger partial charge >= 0.3 is 5.97 Å². The fourth-order valence-electron chi connectivity index (χ4n) is 7.85. The second-order valence-corrected chi connectivity index (χ2v) is 54.8. The van der Waals surface area contributed by atoms with E-state index in [-0.39, 0.29) is 29.9 Å². The van der Waals surface area contributed by atoms with E-state index in [0.717, 1.165) is 11.8 Å². The van der Waals surface area contributed by atoms with Gasteiger partial charge in [-0.3, -0.25) is 4.18 Å². The number of carbonyl (C=O) groups is 1. The van der Waals surface area contributed by atoms with Gasteiger partial charge in [-0.25, -0.2) is 4.79 Å². The smallest absolute Gasteiger partial charge is 0.342 e. The van der Waals surface area contributed by atoms with E-state index < -0.39 is 133 Å². The first-order valence-electron chi connectivity index (χ1n) is 24.1. The van der Waals surface area contributed by atoms with Crippen LogP contribution in [0.2, 0.25) is 118 Å². The summed E-state index contributed by atoms with van der Waals surface area (Å²) in [6.07, 6.45) is -8.26. The van der Waals surface area contributed by atoms with Gasteiger partial charge in [0.05, 0.1) is 12.9 Å². The maximum atomic E-state index is 14.4. The van der Waals surface area contributed by atoms with E-state index >= 15 is 0 Å². The lowest BCUT2D eigenvalue weighted by Crippen LogP contribution is -2.69. The van der Waals surface area contributed by atoms with Gasteiger partial charge in [0.25, 0.3) is 10.1 Å². The minimum atomic E-state index is -3.91. The molecule has 2 saturated heterocycles. The number of hydrogen-bond acceptors (Lipinski definition) is 15. The molecule has 0 amide bonds. The topological polar surface area (TPSA) is 173 Å². The summed E-state index contributed by atoms with van der Waals surface area (Å²) in [4.78, 5) is 14.4. The summed E-state index contributed by atoms with van der Waals surface area (Å²) in [7, 11) is -18.4. The fourth-order valence-corrected chi connectivity index (χ4v) is 14.7. The highest BCUT2D eigenvalue weighted by Gasteiger charge is 2.57. The molecule has 396 valence electrons. The van der Waals surface area contributed by atoms with Crippen molar-refractivity contribution in [3.05, 3.63) is 28.8 Å². The van der Waals surface area contributed by atoms with Gasteiger partial charge in [-0.2, -0.15) is 8.42 Å². The average Bonchev–Trinajstić information content (AvgIpc) is 3.07. The Morgan fingerprint density at radius 3 is 1.21 bits per heavy atom. The van der Waals surface area contributed by atoms with Crippen LogP contribution in [0.4, 0.5) is 0 Å². The predicted octanol–water partition coefficient (Wildman–Crippen LogP) is 9.91. The van der Waals surface area contributed by atoms with Gasteiger partial charge in [0.1, 0.15) is 66.8 Å². The zero-order chi connectivity index (χ0) is 52.8. The van der Waals surface area contributed by atoms with Crippen molar-refractivity contribution in [3.63, 3.8) is 0 Å². The van der Waals surface area contributed by atoms with Gasteiger partial charge in [0.2, 0.25) is 0 Å². The Morgan fingerprint density at radius 1 is 0.544 bits per heavy atom. The minimum Gasteiger partial charge on any atom is -0.507 e. The van der Waals surface area contributed by atoms with Crippen LogP contribution in [0.25, 0.3) is 0 Å². The molecule has 3 rings (SSSR count). The van der Waals surface area contributed by atoms with Crippen molar-refractivity contribution in [2.45, 2.75) is 232 Å². The molecular formula is C46H92O15SSi6. The van der Waals surface area contributed by atoms with E-state index in [1.165, 1.54) is 0 Å². The molecule has 2 aliphatic rings. The van der Waals surface area contributed by atoms with Crippen molar-refractivity contribution in [2.75, 3.05) is 19.5 Å². The Balaban J connectivity index is 2.34. The highest BCUT2D eigenvalue weighted by atomic mass is 32.2. The van der Waals surface area contributed by atoms with Crippen LogP contribution in [0.3, 0.4) is 0 Å². The van der Waals surface area contributed by atoms with E-state index in [2.05, 4.69) is 139 Å². The number of carbonyl (C=O) groups excluding carboxylic acids is 1. The Morgan fingerprint density at radius 2 is 0.882 bits per heavy atom. The monoisotopic (exact) mass is 1080 g/mol. The van der Waals surface area contributed by atoms with Gasteiger partial charge in [-0.05, 0) is 140 Å². The van der Waals surface area contributed by atoms with Crippen molar-refractivity contribution in [2.24, 2.45) is 0 Å². The molecule has 1 aromatic rings. The second kappa shape index (κ2) is 22.0. The first-order valence-corrected chi connectivity index (χ1v) is 46.3. The molecule has 0 aromatic heterocycles. The zero-order valence-corrected chi connectivity index (χ0v) is 53.2. The van der Waals surface area contributed by atoms with Gasteiger partial charge in [0, 0.05) is 5.56 Å². The fraction of sp³-hybridized carbons (Fsp3) is 0.848. The van der Waals surface area contributed by atoms with E-state index in [1.807, 2.05) is 26.8 Å². The number of esters is 1. The van der Waals surface area contributed by atoms with Crippen LogP contribution in [0.5, 0.6) is 5.75 Å². The van der Waals surface area contributed by atoms with Crippen LogP contribution in [-0.4, -0.2) is 150 Å². The molecule has 0 aliphatic carbocycles. The van der Waals surface area contributed by atoms with Crippen molar-refractivity contribution < 1.29 is 68.0 Å².